The summed E-state index contributed by atoms with van der Waals surface area (Å²) in [5.74, 6) is 0.705. The van der Waals surface area contributed by atoms with Crippen LogP contribution in [0.4, 0.5) is 5.69 Å². The molecule has 0 spiro atoms. The molecule has 0 saturated carbocycles. The number of carbonyl (C=O) groups excluding carboxylic acids is 1. The van der Waals surface area contributed by atoms with E-state index >= 15 is 0 Å². The van der Waals surface area contributed by atoms with E-state index in [1.165, 1.54) is 5.56 Å². The van der Waals surface area contributed by atoms with Gasteiger partial charge in [-0.15, -0.1) is 0 Å². The highest BCUT2D eigenvalue weighted by atomic mass is 16.5. The monoisotopic (exact) mass is 311 g/mol. The topological polar surface area (TPSA) is 38.3 Å². The molecule has 0 bridgehead atoms. The van der Waals surface area contributed by atoms with E-state index in [-0.39, 0.29) is 5.91 Å². The van der Waals surface area contributed by atoms with E-state index in [2.05, 4.69) is 17.4 Å². The molecular weight excluding hydrogens is 286 g/mol. The highest BCUT2D eigenvalue weighted by Crippen LogP contribution is 2.26. The molecule has 0 saturated heterocycles. The molecule has 0 aliphatic carbocycles. The van der Waals surface area contributed by atoms with E-state index in [0.717, 1.165) is 24.3 Å². The van der Waals surface area contributed by atoms with Crippen molar-refractivity contribution in [1.82, 2.24) is 0 Å². The van der Waals surface area contributed by atoms with Gasteiger partial charge in [0.2, 0.25) is 5.91 Å². The number of hydrogen-bond donors (Lipinski definition) is 1. The Labute approximate surface area is 138 Å². The molecule has 0 fully saturated rings. The lowest BCUT2D eigenvalue weighted by Crippen LogP contribution is -2.27. The van der Waals surface area contributed by atoms with Crippen molar-refractivity contribution in [3.05, 3.63) is 60.2 Å². The van der Waals surface area contributed by atoms with Crippen molar-refractivity contribution in [3.63, 3.8) is 0 Å². The van der Waals surface area contributed by atoms with Crippen LogP contribution in [0, 0.1) is 5.41 Å². The first-order valence-electron chi connectivity index (χ1n) is 8.04. The largest absolute Gasteiger partial charge is 0.491 e. The zero-order valence-corrected chi connectivity index (χ0v) is 14.1. The third kappa shape index (κ3) is 5.44. The summed E-state index contributed by atoms with van der Waals surface area (Å²) in [5, 5.41) is 2.95. The molecule has 0 aliphatic heterocycles. The van der Waals surface area contributed by atoms with E-state index in [1.54, 1.807) is 0 Å². The number of para-hydroxylation sites is 2. The Hall–Kier alpha value is -2.29. The van der Waals surface area contributed by atoms with Gasteiger partial charge in [-0.25, -0.2) is 0 Å². The van der Waals surface area contributed by atoms with E-state index in [9.17, 15) is 4.79 Å². The molecule has 0 aliphatic rings. The number of ether oxygens (including phenoxy) is 1. The maximum atomic E-state index is 12.1. The lowest BCUT2D eigenvalue weighted by molar-refractivity contribution is -0.123. The van der Waals surface area contributed by atoms with Crippen LogP contribution in [-0.4, -0.2) is 12.5 Å². The molecule has 2 aromatic carbocycles. The fourth-order valence-corrected chi connectivity index (χ4v) is 2.11. The van der Waals surface area contributed by atoms with Crippen LogP contribution in [0.25, 0.3) is 0 Å². The molecule has 0 atom stereocenters. The zero-order chi connectivity index (χ0) is 16.7. The summed E-state index contributed by atoms with van der Waals surface area (Å²) in [6.07, 6.45) is 1.92. The second-order valence-electron chi connectivity index (χ2n) is 6.64. The first kappa shape index (κ1) is 17.1. The summed E-state index contributed by atoms with van der Waals surface area (Å²) >= 11 is 0. The van der Waals surface area contributed by atoms with Crippen LogP contribution in [0.5, 0.6) is 5.75 Å². The summed E-state index contributed by atoms with van der Waals surface area (Å²) < 4.78 is 5.86. The van der Waals surface area contributed by atoms with Gasteiger partial charge in [0, 0.05) is 5.41 Å². The molecule has 2 rings (SSSR count). The Kier molecular flexibility index (Phi) is 5.80. The van der Waals surface area contributed by atoms with Gasteiger partial charge in [0.25, 0.3) is 0 Å². The Morgan fingerprint density at radius 3 is 2.35 bits per heavy atom. The molecule has 0 heterocycles. The third-order valence-electron chi connectivity index (χ3n) is 3.53. The Bertz CT molecular complexity index is 630. The standard InChI is InChI=1S/C20H25NO2/c1-20(2,3)19(22)21-17-13-7-8-14-18(17)23-15-9-12-16-10-5-4-6-11-16/h4-8,10-11,13-14H,9,12,15H2,1-3H3,(H,21,22). The Morgan fingerprint density at radius 1 is 1.00 bits per heavy atom. The first-order valence-corrected chi connectivity index (χ1v) is 8.04. The lowest BCUT2D eigenvalue weighted by atomic mass is 9.95. The number of anilines is 1. The molecule has 1 N–H and O–H groups in total. The summed E-state index contributed by atoms with van der Waals surface area (Å²) in [6.45, 7) is 6.31. The van der Waals surface area contributed by atoms with Gasteiger partial charge in [0.1, 0.15) is 5.75 Å². The first-order chi connectivity index (χ1) is 11.0. The number of carbonyl (C=O) groups is 1. The van der Waals surface area contributed by atoms with Crippen LogP contribution in [0.15, 0.2) is 54.6 Å². The highest BCUT2D eigenvalue weighted by Gasteiger charge is 2.22. The van der Waals surface area contributed by atoms with Crippen LogP contribution >= 0.6 is 0 Å². The second-order valence-corrected chi connectivity index (χ2v) is 6.64. The number of amides is 1. The Balaban J connectivity index is 1.89. The molecule has 122 valence electrons. The van der Waals surface area contributed by atoms with Crippen molar-refractivity contribution in [2.24, 2.45) is 5.41 Å². The van der Waals surface area contributed by atoms with Crippen molar-refractivity contribution >= 4 is 11.6 Å². The summed E-state index contributed by atoms with van der Waals surface area (Å²) in [4.78, 5) is 12.1. The fourth-order valence-electron chi connectivity index (χ4n) is 2.11. The van der Waals surface area contributed by atoms with Gasteiger partial charge in [0.05, 0.1) is 12.3 Å². The molecule has 0 aromatic heterocycles. The molecule has 3 nitrogen and oxygen atoms in total. The number of rotatable bonds is 6. The van der Waals surface area contributed by atoms with Crippen molar-refractivity contribution in [2.45, 2.75) is 33.6 Å². The predicted octanol–water partition coefficient (Wildman–Crippen LogP) is 4.68. The third-order valence-corrected chi connectivity index (χ3v) is 3.53. The van der Waals surface area contributed by atoms with Crippen molar-refractivity contribution in [3.8, 4) is 5.75 Å². The number of hydrogen-bond acceptors (Lipinski definition) is 2. The lowest BCUT2D eigenvalue weighted by Gasteiger charge is -2.19. The van der Waals surface area contributed by atoms with E-state index < -0.39 is 5.41 Å². The molecule has 3 heteroatoms. The summed E-state index contributed by atoms with van der Waals surface area (Å²) in [5.41, 5.74) is 1.61. The molecule has 0 radical (unpaired) electrons. The fraction of sp³-hybridized carbons (Fsp3) is 0.350. The molecule has 1 amide bonds. The van der Waals surface area contributed by atoms with Gasteiger partial charge < -0.3 is 10.1 Å². The summed E-state index contributed by atoms with van der Waals surface area (Å²) in [7, 11) is 0. The molecule has 0 unspecified atom stereocenters. The van der Waals surface area contributed by atoms with Gasteiger partial charge in [-0.05, 0) is 30.5 Å². The predicted molar refractivity (Wildman–Crippen MR) is 94.8 cm³/mol. The van der Waals surface area contributed by atoms with E-state index in [1.807, 2.05) is 63.2 Å². The maximum absolute atomic E-state index is 12.1. The number of aryl methyl sites for hydroxylation is 1. The van der Waals surface area contributed by atoms with Crippen LogP contribution in [0.3, 0.4) is 0 Å². The quantitative estimate of drug-likeness (QED) is 0.786. The molecule has 23 heavy (non-hydrogen) atoms. The minimum absolute atomic E-state index is 0.0159. The van der Waals surface area contributed by atoms with Gasteiger partial charge in [0.15, 0.2) is 0 Å². The average molecular weight is 311 g/mol. The van der Waals surface area contributed by atoms with Crippen molar-refractivity contribution in [2.75, 3.05) is 11.9 Å². The molecular formula is C20H25NO2. The van der Waals surface area contributed by atoms with Gasteiger partial charge >= 0.3 is 0 Å². The summed E-state index contributed by atoms with van der Waals surface area (Å²) in [6, 6.07) is 17.9. The van der Waals surface area contributed by atoms with Crippen molar-refractivity contribution < 1.29 is 9.53 Å². The highest BCUT2D eigenvalue weighted by molar-refractivity contribution is 5.95. The maximum Gasteiger partial charge on any atom is 0.229 e. The number of nitrogens with one attached hydrogen (secondary N) is 1. The van der Waals surface area contributed by atoms with Crippen molar-refractivity contribution in [1.29, 1.82) is 0 Å². The van der Waals surface area contributed by atoms with Crippen LogP contribution in [-0.2, 0) is 11.2 Å². The zero-order valence-electron chi connectivity index (χ0n) is 14.1. The van der Waals surface area contributed by atoms with Crippen LogP contribution in [0.2, 0.25) is 0 Å². The average Bonchev–Trinajstić information content (AvgIpc) is 2.53. The van der Waals surface area contributed by atoms with Crippen LogP contribution in [0.1, 0.15) is 32.8 Å². The smallest absolute Gasteiger partial charge is 0.229 e. The Morgan fingerprint density at radius 2 is 1.65 bits per heavy atom. The van der Waals surface area contributed by atoms with Gasteiger partial charge in [-0.2, -0.15) is 0 Å². The minimum Gasteiger partial charge on any atom is -0.491 e. The van der Waals surface area contributed by atoms with Crippen LogP contribution < -0.4 is 10.1 Å². The van der Waals surface area contributed by atoms with E-state index in [4.69, 9.17) is 4.74 Å². The number of benzene rings is 2. The van der Waals surface area contributed by atoms with Gasteiger partial charge in [-0.1, -0.05) is 63.2 Å². The minimum atomic E-state index is -0.430. The SMILES string of the molecule is CC(C)(C)C(=O)Nc1ccccc1OCCCc1ccccc1. The normalized spacial score (nSPS) is 11.1. The molecule has 2 aromatic rings. The second kappa shape index (κ2) is 7.82. The van der Waals surface area contributed by atoms with E-state index in [0.29, 0.717) is 6.61 Å². The van der Waals surface area contributed by atoms with Gasteiger partial charge in [-0.3, -0.25) is 4.79 Å².